The van der Waals surface area contributed by atoms with Gasteiger partial charge in [0.25, 0.3) is 0 Å². The van der Waals surface area contributed by atoms with Crippen LogP contribution >= 0.6 is 12.4 Å². The molecule has 7 heteroatoms. The van der Waals surface area contributed by atoms with Crippen molar-refractivity contribution >= 4 is 18.3 Å². The van der Waals surface area contributed by atoms with E-state index in [1.807, 2.05) is 13.8 Å². The molecule has 0 radical (unpaired) electrons. The predicted octanol–water partition coefficient (Wildman–Crippen LogP) is 3.41. The molecule has 1 saturated carbocycles. The minimum Gasteiger partial charge on any atom is -0.349 e. The Kier molecular flexibility index (Phi) is 8.03. The molecule has 3 nitrogen and oxygen atoms in total. The zero-order valence-corrected chi connectivity index (χ0v) is 13.4. The highest BCUT2D eigenvalue weighted by Crippen LogP contribution is 2.40. The molecule has 2 unspecified atom stereocenters. The molecular weight excluding hydrogens is 305 g/mol. The van der Waals surface area contributed by atoms with Crippen LogP contribution in [0, 0.1) is 11.8 Å². The molecule has 2 atom stereocenters. The first-order valence-corrected chi connectivity index (χ1v) is 7.36. The summed E-state index contributed by atoms with van der Waals surface area (Å²) >= 11 is 0. The topological polar surface area (TPSA) is 55.1 Å². The van der Waals surface area contributed by atoms with Crippen molar-refractivity contribution in [3.05, 3.63) is 0 Å². The standard InChI is InChI=1S/C14H25F3N2O.ClH/c1-3-13(4-2,9-18)19-12(20)10-6-5-7-11(8-10)14(15,16)17;/h10-11H,3-9,18H2,1-2H3,(H,19,20);1H. The third-order valence-corrected chi connectivity index (χ3v) is 4.64. The summed E-state index contributed by atoms with van der Waals surface area (Å²) in [6.45, 7) is 4.16. The number of carbonyl (C=O) groups is 1. The van der Waals surface area contributed by atoms with Gasteiger partial charge in [0.1, 0.15) is 0 Å². The Balaban J connectivity index is 0.00000400. The van der Waals surface area contributed by atoms with E-state index >= 15 is 0 Å². The first-order chi connectivity index (χ1) is 9.28. The Morgan fingerprint density at radius 2 is 1.81 bits per heavy atom. The van der Waals surface area contributed by atoms with Gasteiger partial charge in [-0.25, -0.2) is 0 Å². The van der Waals surface area contributed by atoms with Gasteiger partial charge in [0.05, 0.1) is 11.5 Å². The van der Waals surface area contributed by atoms with Crippen molar-refractivity contribution in [2.75, 3.05) is 6.54 Å². The smallest absolute Gasteiger partial charge is 0.349 e. The van der Waals surface area contributed by atoms with E-state index in [-0.39, 0.29) is 31.2 Å². The molecule has 1 rings (SSSR count). The lowest BCUT2D eigenvalue weighted by molar-refractivity contribution is -0.186. The monoisotopic (exact) mass is 330 g/mol. The maximum atomic E-state index is 12.8. The molecule has 3 N–H and O–H groups in total. The van der Waals surface area contributed by atoms with Gasteiger partial charge in [-0.05, 0) is 32.1 Å². The summed E-state index contributed by atoms with van der Waals surface area (Å²) in [5.74, 6) is -2.16. The molecule has 0 aromatic rings. The number of carbonyl (C=O) groups excluding carboxylic acids is 1. The van der Waals surface area contributed by atoms with Gasteiger partial charge in [-0.3, -0.25) is 4.79 Å². The average Bonchev–Trinajstić information content (AvgIpc) is 2.44. The maximum absolute atomic E-state index is 12.8. The largest absolute Gasteiger partial charge is 0.391 e. The molecule has 0 aliphatic heterocycles. The molecule has 0 bridgehead atoms. The summed E-state index contributed by atoms with van der Waals surface area (Å²) in [4.78, 5) is 12.2. The second-order valence-electron chi connectivity index (χ2n) is 5.78. The molecule has 0 aromatic heterocycles. The Hall–Kier alpha value is -0.490. The molecular formula is C14H26ClF3N2O. The van der Waals surface area contributed by atoms with Crippen LogP contribution in [0.4, 0.5) is 13.2 Å². The van der Waals surface area contributed by atoms with Crippen LogP contribution in [0.25, 0.3) is 0 Å². The quantitative estimate of drug-likeness (QED) is 0.811. The van der Waals surface area contributed by atoms with Crippen LogP contribution in [0.3, 0.4) is 0 Å². The lowest BCUT2D eigenvalue weighted by atomic mass is 9.80. The third-order valence-electron chi connectivity index (χ3n) is 4.64. The predicted molar refractivity (Wildman–Crippen MR) is 79.3 cm³/mol. The molecule has 1 amide bonds. The molecule has 0 heterocycles. The fourth-order valence-corrected chi connectivity index (χ4v) is 2.86. The van der Waals surface area contributed by atoms with E-state index in [0.717, 1.165) is 0 Å². The normalized spacial score (nSPS) is 23.3. The Bertz CT molecular complexity index is 324. The number of nitrogens with two attached hydrogens (primary N) is 1. The van der Waals surface area contributed by atoms with Crippen molar-refractivity contribution in [3.8, 4) is 0 Å². The van der Waals surface area contributed by atoms with Crippen LogP contribution in [0.15, 0.2) is 0 Å². The van der Waals surface area contributed by atoms with Gasteiger partial charge in [-0.1, -0.05) is 20.3 Å². The molecule has 1 fully saturated rings. The summed E-state index contributed by atoms with van der Waals surface area (Å²) in [5, 5.41) is 2.89. The number of nitrogens with one attached hydrogen (secondary N) is 1. The lowest BCUT2D eigenvalue weighted by Crippen LogP contribution is -2.55. The first-order valence-electron chi connectivity index (χ1n) is 7.36. The van der Waals surface area contributed by atoms with E-state index < -0.39 is 23.6 Å². The van der Waals surface area contributed by atoms with Gasteiger partial charge in [-0.15, -0.1) is 12.4 Å². The highest BCUT2D eigenvalue weighted by atomic mass is 35.5. The number of hydrogen-bond acceptors (Lipinski definition) is 2. The van der Waals surface area contributed by atoms with Crippen molar-refractivity contribution in [1.82, 2.24) is 5.32 Å². The highest BCUT2D eigenvalue weighted by molar-refractivity contribution is 5.85. The summed E-state index contributed by atoms with van der Waals surface area (Å²) in [5.41, 5.74) is 5.22. The summed E-state index contributed by atoms with van der Waals surface area (Å²) in [6, 6.07) is 0. The highest BCUT2D eigenvalue weighted by Gasteiger charge is 2.44. The molecule has 21 heavy (non-hydrogen) atoms. The van der Waals surface area contributed by atoms with E-state index in [2.05, 4.69) is 5.32 Å². The van der Waals surface area contributed by atoms with Crippen LogP contribution in [0.2, 0.25) is 0 Å². The second kappa shape index (κ2) is 8.22. The number of alkyl halides is 3. The summed E-state index contributed by atoms with van der Waals surface area (Å²) < 4.78 is 38.3. The molecule has 0 aromatic carbocycles. The minimum absolute atomic E-state index is 0. The van der Waals surface area contributed by atoms with Gasteiger partial charge in [0.2, 0.25) is 5.91 Å². The zero-order valence-electron chi connectivity index (χ0n) is 12.6. The van der Waals surface area contributed by atoms with Crippen LogP contribution in [0.5, 0.6) is 0 Å². The van der Waals surface area contributed by atoms with Crippen molar-refractivity contribution in [2.24, 2.45) is 17.6 Å². The van der Waals surface area contributed by atoms with E-state index in [0.29, 0.717) is 32.2 Å². The van der Waals surface area contributed by atoms with E-state index in [1.165, 1.54) is 0 Å². The van der Waals surface area contributed by atoms with Crippen LogP contribution < -0.4 is 11.1 Å². The Morgan fingerprint density at radius 1 is 1.24 bits per heavy atom. The second-order valence-corrected chi connectivity index (χ2v) is 5.78. The SMILES string of the molecule is CCC(CC)(CN)NC(=O)C1CCCC(C(F)(F)F)C1.Cl. The van der Waals surface area contributed by atoms with Crippen LogP contribution in [-0.4, -0.2) is 24.2 Å². The number of halogens is 4. The number of hydrogen-bond donors (Lipinski definition) is 2. The van der Waals surface area contributed by atoms with Gasteiger partial charge in [0, 0.05) is 12.5 Å². The van der Waals surface area contributed by atoms with Gasteiger partial charge >= 0.3 is 6.18 Å². The van der Waals surface area contributed by atoms with Gasteiger partial charge < -0.3 is 11.1 Å². The van der Waals surface area contributed by atoms with E-state index in [1.54, 1.807) is 0 Å². The maximum Gasteiger partial charge on any atom is 0.391 e. The molecule has 0 spiro atoms. The molecule has 0 saturated heterocycles. The van der Waals surface area contributed by atoms with Crippen molar-refractivity contribution in [3.63, 3.8) is 0 Å². The van der Waals surface area contributed by atoms with Crippen molar-refractivity contribution in [2.45, 2.75) is 64.1 Å². The van der Waals surface area contributed by atoms with E-state index in [9.17, 15) is 18.0 Å². The van der Waals surface area contributed by atoms with Gasteiger partial charge in [-0.2, -0.15) is 13.2 Å². The minimum atomic E-state index is -4.20. The summed E-state index contributed by atoms with van der Waals surface area (Å²) in [6.07, 6.45) is -1.80. The third kappa shape index (κ3) is 5.33. The molecule has 1 aliphatic rings. The van der Waals surface area contributed by atoms with Crippen molar-refractivity contribution < 1.29 is 18.0 Å². The van der Waals surface area contributed by atoms with Crippen LogP contribution in [-0.2, 0) is 4.79 Å². The lowest BCUT2D eigenvalue weighted by Gasteiger charge is -2.35. The first kappa shape index (κ1) is 20.5. The van der Waals surface area contributed by atoms with Crippen LogP contribution in [0.1, 0.15) is 52.4 Å². The Labute approximate surface area is 130 Å². The fourth-order valence-electron chi connectivity index (χ4n) is 2.86. The number of amides is 1. The van der Waals surface area contributed by atoms with Gasteiger partial charge in [0.15, 0.2) is 0 Å². The van der Waals surface area contributed by atoms with E-state index in [4.69, 9.17) is 5.73 Å². The average molecular weight is 331 g/mol. The van der Waals surface area contributed by atoms with Crippen molar-refractivity contribution in [1.29, 1.82) is 0 Å². The zero-order chi connectivity index (χ0) is 15.4. The molecule has 1 aliphatic carbocycles. The molecule has 126 valence electrons. The summed E-state index contributed by atoms with van der Waals surface area (Å²) in [7, 11) is 0. The fraction of sp³-hybridized carbons (Fsp3) is 0.929. The Morgan fingerprint density at radius 3 is 2.24 bits per heavy atom. The number of rotatable bonds is 5.